The Hall–Kier alpha value is -2.61. The SMILES string of the molecule is C=Cc1c2ccccc2c(/C=N/O)c2ccccc12. The minimum atomic E-state index is 0.930. The molecule has 0 aliphatic carbocycles. The highest BCUT2D eigenvalue weighted by Crippen LogP contribution is 2.32. The lowest BCUT2D eigenvalue weighted by Gasteiger charge is -2.11. The maximum absolute atomic E-state index is 8.91. The molecule has 2 nitrogen and oxygen atoms in total. The minimum Gasteiger partial charge on any atom is -0.411 e. The molecular weight excluding hydrogens is 234 g/mol. The maximum atomic E-state index is 8.91. The molecule has 0 amide bonds. The van der Waals surface area contributed by atoms with Gasteiger partial charge in [-0.1, -0.05) is 66.3 Å². The van der Waals surface area contributed by atoms with Crippen molar-refractivity contribution in [1.29, 1.82) is 0 Å². The molecule has 19 heavy (non-hydrogen) atoms. The average Bonchev–Trinajstić information content (AvgIpc) is 2.47. The molecule has 2 heteroatoms. The van der Waals surface area contributed by atoms with Crippen molar-refractivity contribution in [2.24, 2.45) is 5.16 Å². The molecule has 0 heterocycles. The lowest BCUT2D eigenvalue weighted by Crippen LogP contribution is -1.91. The summed E-state index contributed by atoms with van der Waals surface area (Å²) < 4.78 is 0. The molecule has 0 aliphatic heterocycles. The molecule has 0 radical (unpaired) electrons. The van der Waals surface area contributed by atoms with E-state index in [1.54, 1.807) is 0 Å². The molecule has 0 atom stereocenters. The van der Waals surface area contributed by atoms with Crippen molar-refractivity contribution < 1.29 is 5.21 Å². The first-order chi connectivity index (χ1) is 9.36. The van der Waals surface area contributed by atoms with E-state index in [-0.39, 0.29) is 0 Å². The van der Waals surface area contributed by atoms with Crippen molar-refractivity contribution in [1.82, 2.24) is 0 Å². The number of rotatable bonds is 2. The van der Waals surface area contributed by atoms with E-state index in [0.717, 1.165) is 32.7 Å². The fourth-order valence-corrected chi connectivity index (χ4v) is 2.61. The molecule has 0 saturated carbocycles. The van der Waals surface area contributed by atoms with Crippen molar-refractivity contribution >= 4 is 33.8 Å². The highest BCUT2D eigenvalue weighted by molar-refractivity contribution is 6.17. The van der Waals surface area contributed by atoms with Crippen LogP contribution in [-0.2, 0) is 0 Å². The van der Waals surface area contributed by atoms with E-state index in [1.807, 2.05) is 42.5 Å². The van der Waals surface area contributed by atoms with E-state index in [1.165, 1.54) is 6.21 Å². The van der Waals surface area contributed by atoms with Gasteiger partial charge in [0.15, 0.2) is 0 Å². The van der Waals surface area contributed by atoms with E-state index >= 15 is 0 Å². The van der Waals surface area contributed by atoms with Gasteiger partial charge in [-0.2, -0.15) is 0 Å². The van der Waals surface area contributed by atoms with Crippen LogP contribution in [0.2, 0.25) is 0 Å². The Morgan fingerprint density at radius 1 is 0.789 bits per heavy atom. The van der Waals surface area contributed by atoms with Crippen LogP contribution in [0.4, 0.5) is 0 Å². The third-order valence-electron chi connectivity index (χ3n) is 3.41. The summed E-state index contributed by atoms with van der Waals surface area (Å²) >= 11 is 0. The lowest BCUT2D eigenvalue weighted by atomic mass is 9.92. The van der Waals surface area contributed by atoms with E-state index in [0.29, 0.717) is 0 Å². The van der Waals surface area contributed by atoms with Crippen LogP contribution in [0.15, 0.2) is 60.3 Å². The highest BCUT2D eigenvalue weighted by atomic mass is 16.4. The van der Waals surface area contributed by atoms with Gasteiger partial charge in [0.1, 0.15) is 0 Å². The second-order valence-corrected chi connectivity index (χ2v) is 4.37. The van der Waals surface area contributed by atoms with Crippen LogP contribution in [0.25, 0.3) is 27.6 Å². The zero-order chi connectivity index (χ0) is 13.2. The quantitative estimate of drug-likeness (QED) is 0.309. The Balaban J connectivity index is 2.65. The summed E-state index contributed by atoms with van der Waals surface area (Å²) in [5, 5.41) is 16.5. The summed E-state index contributed by atoms with van der Waals surface area (Å²) in [6, 6.07) is 16.2. The first kappa shape index (κ1) is 11.5. The fraction of sp³-hybridized carbons (Fsp3) is 0. The van der Waals surface area contributed by atoms with Crippen LogP contribution in [0.3, 0.4) is 0 Å². The molecule has 3 aromatic rings. The number of hydrogen-bond acceptors (Lipinski definition) is 2. The molecule has 92 valence electrons. The molecule has 0 unspecified atom stereocenters. The molecule has 0 aliphatic rings. The van der Waals surface area contributed by atoms with Crippen LogP contribution < -0.4 is 0 Å². The number of hydrogen-bond donors (Lipinski definition) is 1. The van der Waals surface area contributed by atoms with Crippen LogP contribution in [0, 0.1) is 0 Å². The van der Waals surface area contributed by atoms with Crippen molar-refractivity contribution in [2.75, 3.05) is 0 Å². The second kappa shape index (κ2) is 4.58. The van der Waals surface area contributed by atoms with Gasteiger partial charge in [-0.15, -0.1) is 0 Å². The Morgan fingerprint density at radius 3 is 1.58 bits per heavy atom. The first-order valence-corrected chi connectivity index (χ1v) is 6.10. The van der Waals surface area contributed by atoms with Gasteiger partial charge in [-0.3, -0.25) is 0 Å². The van der Waals surface area contributed by atoms with Gasteiger partial charge in [0.05, 0.1) is 6.21 Å². The number of oxime groups is 1. The highest BCUT2D eigenvalue weighted by Gasteiger charge is 2.10. The second-order valence-electron chi connectivity index (χ2n) is 4.37. The lowest BCUT2D eigenvalue weighted by molar-refractivity contribution is 0.322. The molecule has 1 N–H and O–H groups in total. The number of fused-ring (bicyclic) bond motifs is 2. The summed E-state index contributed by atoms with van der Waals surface area (Å²) in [6.07, 6.45) is 3.38. The van der Waals surface area contributed by atoms with Crippen LogP contribution in [0.1, 0.15) is 11.1 Å². The summed E-state index contributed by atoms with van der Waals surface area (Å²) in [4.78, 5) is 0. The van der Waals surface area contributed by atoms with Gasteiger partial charge in [0.2, 0.25) is 0 Å². The minimum absolute atomic E-state index is 0.930. The average molecular weight is 247 g/mol. The van der Waals surface area contributed by atoms with Gasteiger partial charge in [0, 0.05) is 5.56 Å². The summed E-state index contributed by atoms with van der Waals surface area (Å²) in [5.74, 6) is 0. The Morgan fingerprint density at radius 2 is 1.21 bits per heavy atom. The first-order valence-electron chi connectivity index (χ1n) is 6.10. The third-order valence-corrected chi connectivity index (χ3v) is 3.41. The van der Waals surface area contributed by atoms with Gasteiger partial charge >= 0.3 is 0 Å². The van der Waals surface area contributed by atoms with Crippen LogP contribution >= 0.6 is 0 Å². The molecule has 0 saturated heterocycles. The largest absolute Gasteiger partial charge is 0.411 e. The van der Waals surface area contributed by atoms with E-state index in [2.05, 4.69) is 23.9 Å². The fourth-order valence-electron chi connectivity index (χ4n) is 2.61. The Labute approximate surface area is 111 Å². The number of benzene rings is 3. The van der Waals surface area contributed by atoms with E-state index in [9.17, 15) is 0 Å². The molecule has 3 rings (SSSR count). The molecule has 0 spiro atoms. The smallest absolute Gasteiger partial charge is 0.0746 e. The van der Waals surface area contributed by atoms with Crippen LogP contribution in [-0.4, -0.2) is 11.4 Å². The molecule has 3 aromatic carbocycles. The van der Waals surface area contributed by atoms with E-state index < -0.39 is 0 Å². The van der Waals surface area contributed by atoms with Gasteiger partial charge in [-0.25, -0.2) is 0 Å². The Kier molecular flexibility index (Phi) is 2.76. The normalized spacial score (nSPS) is 11.4. The maximum Gasteiger partial charge on any atom is 0.0746 e. The zero-order valence-electron chi connectivity index (χ0n) is 10.4. The molecule has 0 aromatic heterocycles. The topological polar surface area (TPSA) is 32.6 Å². The summed E-state index contributed by atoms with van der Waals surface area (Å²) in [7, 11) is 0. The third kappa shape index (κ3) is 1.69. The van der Waals surface area contributed by atoms with E-state index in [4.69, 9.17) is 5.21 Å². The van der Waals surface area contributed by atoms with Crippen molar-refractivity contribution in [2.45, 2.75) is 0 Å². The predicted octanol–water partition coefficient (Wildman–Crippen LogP) is 4.44. The summed E-state index contributed by atoms with van der Waals surface area (Å²) in [6.45, 7) is 3.92. The zero-order valence-corrected chi connectivity index (χ0v) is 10.4. The van der Waals surface area contributed by atoms with Crippen molar-refractivity contribution in [3.8, 4) is 0 Å². The monoisotopic (exact) mass is 247 g/mol. The van der Waals surface area contributed by atoms with Gasteiger partial charge in [-0.05, 0) is 27.1 Å². The van der Waals surface area contributed by atoms with Crippen molar-refractivity contribution in [3.05, 3.63) is 66.2 Å². The molecule has 0 bridgehead atoms. The van der Waals surface area contributed by atoms with Crippen molar-refractivity contribution in [3.63, 3.8) is 0 Å². The van der Waals surface area contributed by atoms with Gasteiger partial charge < -0.3 is 5.21 Å². The standard InChI is InChI=1S/C17H13NO/c1-2-12-13-7-3-5-9-15(13)17(11-18-19)16-10-6-4-8-14(12)16/h2-11,19H,1H2/b18-11+. The molecule has 0 fully saturated rings. The number of nitrogens with zero attached hydrogens (tertiary/aromatic N) is 1. The molecular formula is C17H13NO. The predicted molar refractivity (Wildman–Crippen MR) is 80.9 cm³/mol. The van der Waals surface area contributed by atoms with Crippen LogP contribution in [0.5, 0.6) is 0 Å². The summed E-state index contributed by atoms with van der Waals surface area (Å²) in [5.41, 5.74) is 2.04. The Bertz CT molecular complexity index is 746. The van der Waals surface area contributed by atoms with Gasteiger partial charge in [0.25, 0.3) is 0 Å².